The van der Waals surface area contributed by atoms with Crippen LogP contribution in [0.5, 0.6) is 5.75 Å². The monoisotopic (exact) mass is 548 g/mol. The molecule has 1 atom stereocenters. The van der Waals surface area contributed by atoms with E-state index in [9.17, 15) is 14.4 Å². The van der Waals surface area contributed by atoms with Gasteiger partial charge in [-0.2, -0.15) is 0 Å². The molecule has 2 aliphatic rings. The van der Waals surface area contributed by atoms with Crippen LogP contribution in [-0.4, -0.2) is 75.2 Å². The molecule has 198 valence electrons. The zero-order valence-electron chi connectivity index (χ0n) is 20.4. The zero-order chi connectivity index (χ0) is 26.2. The van der Waals surface area contributed by atoms with Crippen molar-refractivity contribution in [1.82, 2.24) is 10.2 Å². The molecule has 0 unspecified atom stereocenters. The molecule has 37 heavy (non-hydrogen) atoms. The normalized spacial score (nSPS) is 18.1. The molecule has 2 saturated heterocycles. The number of hydrogen-bond donors (Lipinski definition) is 2. The van der Waals surface area contributed by atoms with Crippen LogP contribution < -0.4 is 20.3 Å². The van der Waals surface area contributed by atoms with E-state index in [1.165, 1.54) is 0 Å². The second-order valence-corrected chi connectivity index (χ2v) is 9.87. The van der Waals surface area contributed by atoms with Gasteiger partial charge in [0.15, 0.2) is 6.61 Å². The predicted octanol–water partition coefficient (Wildman–Crippen LogP) is 3.20. The van der Waals surface area contributed by atoms with Crippen molar-refractivity contribution in [2.45, 2.75) is 12.8 Å². The number of anilines is 2. The topological polar surface area (TPSA) is 100 Å². The molecule has 0 aromatic heterocycles. The van der Waals surface area contributed by atoms with E-state index in [2.05, 4.69) is 15.5 Å². The van der Waals surface area contributed by atoms with Gasteiger partial charge in [0.25, 0.3) is 5.91 Å². The van der Waals surface area contributed by atoms with Crippen molar-refractivity contribution in [2.24, 2.45) is 5.92 Å². The minimum Gasteiger partial charge on any atom is -0.484 e. The summed E-state index contributed by atoms with van der Waals surface area (Å²) in [7, 11) is 0. The van der Waals surface area contributed by atoms with Crippen LogP contribution in [0.3, 0.4) is 0 Å². The number of rotatable bonds is 10. The van der Waals surface area contributed by atoms with E-state index >= 15 is 0 Å². The maximum absolute atomic E-state index is 12.6. The van der Waals surface area contributed by atoms with Crippen molar-refractivity contribution in [2.75, 3.05) is 62.8 Å². The maximum atomic E-state index is 12.6. The number of morpholine rings is 1. The van der Waals surface area contributed by atoms with Crippen molar-refractivity contribution in [3.8, 4) is 5.75 Å². The van der Waals surface area contributed by atoms with Crippen LogP contribution in [0.25, 0.3) is 0 Å². The molecule has 2 N–H and O–H groups in total. The number of carbonyl (C=O) groups excluding carboxylic acids is 3. The molecular weight excluding hydrogens is 519 g/mol. The van der Waals surface area contributed by atoms with Crippen LogP contribution in [0.2, 0.25) is 10.0 Å². The lowest BCUT2D eigenvalue weighted by atomic mass is 10.1. The average molecular weight is 549 g/mol. The lowest BCUT2D eigenvalue weighted by Crippen LogP contribution is -2.39. The quantitative estimate of drug-likeness (QED) is 0.442. The number of nitrogens with zero attached hydrogens (tertiary/aromatic N) is 2. The first-order valence-electron chi connectivity index (χ1n) is 12.2. The SMILES string of the molecule is O=C(COc1ccc(N2C[C@H](C(=O)NCCCN3CCOCC3)CC2=O)cc1)Nc1cc(Cl)cc(Cl)c1. The second-order valence-electron chi connectivity index (χ2n) is 8.99. The highest BCUT2D eigenvalue weighted by atomic mass is 35.5. The first-order chi connectivity index (χ1) is 17.9. The van der Waals surface area contributed by atoms with E-state index < -0.39 is 0 Å². The summed E-state index contributed by atoms with van der Waals surface area (Å²) < 4.78 is 10.9. The summed E-state index contributed by atoms with van der Waals surface area (Å²) >= 11 is 11.9. The van der Waals surface area contributed by atoms with E-state index in [0.29, 0.717) is 40.3 Å². The fourth-order valence-corrected chi connectivity index (χ4v) is 4.84. The summed E-state index contributed by atoms with van der Waals surface area (Å²) in [5, 5.41) is 6.48. The molecule has 4 rings (SSSR count). The van der Waals surface area contributed by atoms with E-state index in [1.807, 2.05) is 0 Å². The molecule has 2 aliphatic heterocycles. The Morgan fingerprint density at radius 2 is 1.76 bits per heavy atom. The van der Waals surface area contributed by atoms with Gasteiger partial charge in [0.2, 0.25) is 11.8 Å². The van der Waals surface area contributed by atoms with Crippen LogP contribution in [0.15, 0.2) is 42.5 Å². The summed E-state index contributed by atoms with van der Waals surface area (Å²) in [4.78, 5) is 41.3. The molecule has 2 aromatic carbocycles. The van der Waals surface area contributed by atoms with Crippen LogP contribution in [0.4, 0.5) is 11.4 Å². The van der Waals surface area contributed by atoms with Crippen LogP contribution in [0.1, 0.15) is 12.8 Å². The summed E-state index contributed by atoms with van der Waals surface area (Å²) in [6.45, 7) is 5.00. The summed E-state index contributed by atoms with van der Waals surface area (Å²) in [6, 6.07) is 11.6. The van der Waals surface area contributed by atoms with Gasteiger partial charge in [-0.05, 0) is 55.4 Å². The molecule has 0 bridgehead atoms. The summed E-state index contributed by atoms with van der Waals surface area (Å²) in [5.41, 5.74) is 1.16. The van der Waals surface area contributed by atoms with E-state index in [4.69, 9.17) is 32.7 Å². The van der Waals surface area contributed by atoms with Crippen molar-refractivity contribution >= 4 is 52.3 Å². The molecule has 2 aromatic rings. The highest BCUT2D eigenvalue weighted by Gasteiger charge is 2.35. The van der Waals surface area contributed by atoms with Gasteiger partial charge in [0, 0.05) is 54.0 Å². The first kappa shape index (κ1) is 27.2. The molecule has 0 saturated carbocycles. The van der Waals surface area contributed by atoms with Crippen molar-refractivity contribution in [3.63, 3.8) is 0 Å². The van der Waals surface area contributed by atoms with E-state index in [1.54, 1.807) is 47.4 Å². The number of carbonyl (C=O) groups is 3. The standard InChI is InChI=1S/C26H30Cl2N4O5/c27-19-13-20(28)15-21(14-19)30-24(33)17-37-23-4-2-22(3-5-23)32-16-18(12-25(32)34)26(35)29-6-1-7-31-8-10-36-11-9-31/h2-5,13-15,18H,1,6-12,16-17H2,(H,29,35)(H,30,33)/t18-/m1/s1. The number of amides is 3. The van der Waals surface area contributed by atoms with Crippen molar-refractivity contribution < 1.29 is 23.9 Å². The van der Waals surface area contributed by atoms with Gasteiger partial charge in [0.05, 0.1) is 19.1 Å². The Balaban J connectivity index is 1.20. The largest absolute Gasteiger partial charge is 0.484 e. The van der Waals surface area contributed by atoms with Gasteiger partial charge in [-0.3, -0.25) is 19.3 Å². The van der Waals surface area contributed by atoms with Gasteiger partial charge < -0.3 is 25.0 Å². The number of ether oxygens (including phenoxy) is 2. The van der Waals surface area contributed by atoms with Gasteiger partial charge >= 0.3 is 0 Å². The lowest BCUT2D eigenvalue weighted by Gasteiger charge is -2.26. The van der Waals surface area contributed by atoms with Gasteiger partial charge in [-0.1, -0.05) is 23.2 Å². The summed E-state index contributed by atoms with van der Waals surface area (Å²) in [6.07, 6.45) is 1.05. The number of halogens is 2. The average Bonchev–Trinajstić information content (AvgIpc) is 3.27. The molecule has 0 spiro atoms. The predicted molar refractivity (Wildman–Crippen MR) is 142 cm³/mol. The Morgan fingerprint density at radius 3 is 2.46 bits per heavy atom. The van der Waals surface area contributed by atoms with Gasteiger partial charge in [-0.15, -0.1) is 0 Å². The highest BCUT2D eigenvalue weighted by molar-refractivity contribution is 6.35. The Labute approximate surface area is 226 Å². The molecular formula is C26H30Cl2N4O5. The fourth-order valence-electron chi connectivity index (χ4n) is 4.31. The lowest BCUT2D eigenvalue weighted by molar-refractivity contribution is -0.126. The van der Waals surface area contributed by atoms with Crippen LogP contribution in [-0.2, 0) is 19.1 Å². The number of hydrogen-bond acceptors (Lipinski definition) is 6. The fraction of sp³-hybridized carbons (Fsp3) is 0.423. The molecule has 0 radical (unpaired) electrons. The van der Waals surface area contributed by atoms with E-state index in [0.717, 1.165) is 39.3 Å². The maximum Gasteiger partial charge on any atom is 0.262 e. The Hall–Kier alpha value is -2.85. The second kappa shape index (κ2) is 13.1. The van der Waals surface area contributed by atoms with Crippen LogP contribution in [0, 0.1) is 5.92 Å². The molecule has 11 heteroatoms. The summed E-state index contributed by atoms with van der Waals surface area (Å²) in [5.74, 6) is -0.456. The number of nitrogens with one attached hydrogen (secondary N) is 2. The smallest absolute Gasteiger partial charge is 0.262 e. The minimum atomic E-state index is -0.379. The first-order valence-corrected chi connectivity index (χ1v) is 13.0. The molecule has 3 amide bonds. The third-order valence-electron chi connectivity index (χ3n) is 6.21. The molecule has 0 aliphatic carbocycles. The van der Waals surface area contributed by atoms with Crippen molar-refractivity contribution in [3.05, 3.63) is 52.5 Å². The third kappa shape index (κ3) is 8.07. The van der Waals surface area contributed by atoms with Gasteiger partial charge in [-0.25, -0.2) is 0 Å². The molecule has 2 fully saturated rings. The molecule has 9 nitrogen and oxygen atoms in total. The third-order valence-corrected chi connectivity index (χ3v) is 6.65. The van der Waals surface area contributed by atoms with Gasteiger partial charge in [0.1, 0.15) is 5.75 Å². The highest BCUT2D eigenvalue weighted by Crippen LogP contribution is 2.27. The minimum absolute atomic E-state index is 0.0928. The van der Waals surface area contributed by atoms with Crippen LogP contribution >= 0.6 is 23.2 Å². The molecule has 2 heterocycles. The number of benzene rings is 2. The van der Waals surface area contributed by atoms with Crippen molar-refractivity contribution in [1.29, 1.82) is 0 Å². The zero-order valence-corrected chi connectivity index (χ0v) is 21.9. The van der Waals surface area contributed by atoms with E-state index in [-0.39, 0.29) is 36.7 Å². The Morgan fingerprint density at radius 1 is 1.05 bits per heavy atom. The Bertz CT molecular complexity index is 1090. The Kier molecular flexibility index (Phi) is 9.62.